The molecule has 16 heavy (non-hydrogen) atoms. The molecule has 0 aliphatic carbocycles. The summed E-state index contributed by atoms with van der Waals surface area (Å²) in [6.07, 6.45) is 3.60. The molecule has 0 saturated carbocycles. The lowest BCUT2D eigenvalue weighted by Crippen LogP contribution is -2.32. The first-order chi connectivity index (χ1) is 7.65. The Morgan fingerprint density at radius 2 is 2.25 bits per heavy atom. The zero-order chi connectivity index (χ0) is 12.0. The molecule has 0 aliphatic rings. The van der Waals surface area contributed by atoms with Crippen molar-refractivity contribution in [2.45, 2.75) is 33.2 Å². The van der Waals surface area contributed by atoms with Gasteiger partial charge in [0, 0.05) is 6.54 Å². The fourth-order valence-electron chi connectivity index (χ4n) is 1.42. The molecule has 6 heteroatoms. The predicted molar refractivity (Wildman–Crippen MR) is 61.5 cm³/mol. The third-order valence-corrected chi connectivity index (χ3v) is 2.60. The third-order valence-electron chi connectivity index (χ3n) is 2.60. The number of nitrogen functional groups attached to an aromatic ring is 1. The molecule has 0 spiro atoms. The van der Waals surface area contributed by atoms with E-state index in [1.54, 1.807) is 0 Å². The lowest BCUT2D eigenvalue weighted by molar-refractivity contribution is -0.122. The molecule has 1 aromatic heterocycles. The van der Waals surface area contributed by atoms with Gasteiger partial charge in [0.05, 0.1) is 0 Å². The monoisotopic (exact) mass is 225 g/mol. The highest BCUT2D eigenvalue weighted by molar-refractivity contribution is 5.75. The van der Waals surface area contributed by atoms with Crippen molar-refractivity contribution in [1.82, 2.24) is 20.1 Å². The van der Waals surface area contributed by atoms with Crippen LogP contribution in [-0.2, 0) is 11.3 Å². The Kier molecular flexibility index (Phi) is 4.75. The fourth-order valence-corrected chi connectivity index (χ4v) is 1.42. The van der Waals surface area contributed by atoms with Crippen LogP contribution in [-0.4, -0.2) is 27.2 Å². The van der Waals surface area contributed by atoms with Gasteiger partial charge in [-0.3, -0.25) is 4.79 Å². The van der Waals surface area contributed by atoms with Crippen LogP contribution >= 0.6 is 0 Å². The lowest BCUT2D eigenvalue weighted by atomic mass is 10.0. The maximum Gasteiger partial charge on any atom is 0.241 e. The highest BCUT2D eigenvalue weighted by Crippen LogP contribution is 2.04. The molecule has 0 radical (unpaired) electrons. The van der Waals surface area contributed by atoms with Gasteiger partial charge in [-0.1, -0.05) is 26.7 Å². The summed E-state index contributed by atoms with van der Waals surface area (Å²) in [5.41, 5.74) is 5.34. The molecule has 1 aromatic rings. The van der Waals surface area contributed by atoms with E-state index in [2.05, 4.69) is 29.2 Å². The Balaban J connectivity index is 2.31. The van der Waals surface area contributed by atoms with E-state index in [9.17, 15) is 4.79 Å². The molecule has 3 N–H and O–H groups in total. The molecule has 0 fully saturated rings. The standard InChI is InChI=1S/C10H19N5O/c1-3-8(4-2)5-12-9(16)6-15-7-13-10(11)14-15/h7-8H,3-6H2,1-2H3,(H2,11,14)(H,12,16). The summed E-state index contributed by atoms with van der Waals surface area (Å²) in [4.78, 5) is 15.3. The van der Waals surface area contributed by atoms with Gasteiger partial charge in [-0.15, -0.1) is 5.10 Å². The predicted octanol–water partition coefficient (Wildman–Crippen LogP) is 0.413. The van der Waals surface area contributed by atoms with Gasteiger partial charge in [-0.2, -0.15) is 0 Å². The largest absolute Gasteiger partial charge is 0.367 e. The number of amides is 1. The van der Waals surface area contributed by atoms with Crippen LogP contribution in [0, 0.1) is 5.92 Å². The Labute approximate surface area is 95.2 Å². The molecule has 0 saturated heterocycles. The number of anilines is 1. The summed E-state index contributed by atoms with van der Waals surface area (Å²) in [6, 6.07) is 0. The molecular weight excluding hydrogens is 206 g/mol. The molecule has 1 heterocycles. The van der Waals surface area contributed by atoms with Gasteiger partial charge in [-0.25, -0.2) is 9.67 Å². The van der Waals surface area contributed by atoms with E-state index >= 15 is 0 Å². The Morgan fingerprint density at radius 1 is 1.56 bits per heavy atom. The fraction of sp³-hybridized carbons (Fsp3) is 0.700. The molecule has 6 nitrogen and oxygen atoms in total. The average Bonchev–Trinajstić information content (AvgIpc) is 2.65. The van der Waals surface area contributed by atoms with Crippen molar-refractivity contribution in [3.05, 3.63) is 6.33 Å². The van der Waals surface area contributed by atoms with Crippen molar-refractivity contribution in [3.8, 4) is 0 Å². The van der Waals surface area contributed by atoms with E-state index in [1.165, 1.54) is 11.0 Å². The van der Waals surface area contributed by atoms with Crippen LogP contribution in [0.15, 0.2) is 6.33 Å². The number of carbonyl (C=O) groups excluding carboxylic acids is 1. The van der Waals surface area contributed by atoms with E-state index in [0.717, 1.165) is 19.4 Å². The minimum atomic E-state index is -0.0585. The number of nitrogens with zero attached hydrogens (tertiary/aromatic N) is 3. The number of rotatable bonds is 6. The minimum Gasteiger partial charge on any atom is -0.367 e. The minimum absolute atomic E-state index is 0.0585. The number of aromatic nitrogens is 3. The van der Waals surface area contributed by atoms with Crippen LogP contribution in [0.25, 0.3) is 0 Å². The van der Waals surface area contributed by atoms with Gasteiger partial charge >= 0.3 is 0 Å². The Hall–Kier alpha value is -1.59. The first kappa shape index (κ1) is 12.5. The summed E-state index contributed by atoms with van der Waals surface area (Å²) in [5, 5.41) is 6.71. The van der Waals surface area contributed by atoms with Crippen LogP contribution in [0.1, 0.15) is 26.7 Å². The molecule has 0 aromatic carbocycles. The zero-order valence-electron chi connectivity index (χ0n) is 9.81. The summed E-state index contributed by atoms with van der Waals surface area (Å²) in [7, 11) is 0. The summed E-state index contributed by atoms with van der Waals surface area (Å²) >= 11 is 0. The molecule has 0 bridgehead atoms. The van der Waals surface area contributed by atoms with Crippen molar-refractivity contribution in [1.29, 1.82) is 0 Å². The SMILES string of the molecule is CCC(CC)CNC(=O)Cn1cnc(N)n1. The first-order valence-corrected chi connectivity index (χ1v) is 5.57. The molecule has 0 aliphatic heterocycles. The van der Waals surface area contributed by atoms with Gasteiger partial charge < -0.3 is 11.1 Å². The average molecular weight is 225 g/mol. The number of hydrogen-bond donors (Lipinski definition) is 2. The molecule has 1 rings (SSSR count). The van der Waals surface area contributed by atoms with Crippen molar-refractivity contribution in [2.24, 2.45) is 5.92 Å². The Bertz CT molecular complexity index is 332. The second-order valence-corrected chi connectivity index (χ2v) is 3.79. The third kappa shape index (κ3) is 3.88. The van der Waals surface area contributed by atoms with Crippen LogP contribution in [0.5, 0.6) is 0 Å². The molecular formula is C10H19N5O. The van der Waals surface area contributed by atoms with Crippen LogP contribution in [0.3, 0.4) is 0 Å². The number of nitrogens with one attached hydrogen (secondary N) is 1. The van der Waals surface area contributed by atoms with E-state index in [-0.39, 0.29) is 18.4 Å². The van der Waals surface area contributed by atoms with Crippen molar-refractivity contribution >= 4 is 11.9 Å². The molecule has 90 valence electrons. The van der Waals surface area contributed by atoms with Crippen LogP contribution in [0.4, 0.5) is 5.95 Å². The van der Waals surface area contributed by atoms with E-state index in [1.807, 2.05) is 0 Å². The second-order valence-electron chi connectivity index (χ2n) is 3.79. The highest BCUT2D eigenvalue weighted by Gasteiger charge is 2.07. The van der Waals surface area contributed by atoms with E-state index < -0.39 is 0 Å². The topological polar surface area (TPSA) is 85.8 Å². The lowest BCUT2D eigenvalue weighted by Gasteiger charge is -2.12. The number of nitrogens with two attached hydrogens (primary N) is 1. The van der Waals surface area contributed by atoms with Crippen LogP contribution < -0.4 is 11.1 Å². The maximum atomic E-state index is 11.5. The summed E-state index contributed by atoms with van der Waals surface area (Å²) < 4.78 is 1.43. The normalized spacial score (nSPS) is 10.7. The van der Waals surface area contributed by atoms with Gasteiger partial charge in [0.15, 0.2) is 0 Å². The summed E-state index contributed by atoms with van der Waals surface area (Å²) in [6.45, 7) is 5.14. The first-order valence-electron chi connectivity index (χ1n) is 5.57. The number of hydrogen-bond acceptors (Lipinski definition) is 4. The highest BCUT2D eigenvalue weighted by atomic mass is 16.2. The quantitative estimate of drug-likeness (QED) is 0.734. The van der Waals surface area contributed by atoms with Gasteiger partial charge in [0.2, 0.25) is 11.9 Å². The van der Waals surface area contributed by atoms with Gasteiger partial charge in [-0.05, 0) is 5.92 Å². The van der Waals surface area contributed by atoms with Crippen LogP contribution in [0.2, 0.25) is 0 Å². The van der Waals surface area contributed by atoms with Crippen molar-refractivity contribution in [2.75, 3.05) is 12.3 Å². The van der Waals surface area contributed by atoms with Crippen molar-refractivity contribution in [3.63, 3.8) is 0 Å². The smallest absolute Gasteiger partial charge is 0.241 e. The Morgan fingerprint density at radius 3 is 2.75 bits per heavy atom. The van der Waals surface area contributed by atoms with Gasteiger partial charge in [0.25, 0.3) is 0 Å². The molecule has 0 atom stereocenters. The number of carbonyl (C=O) groups is 1. The van der Waals surface area contributed by atoms with Gasteiger partial charge in [0.1, 0.15) is 12.9 Å². The molecule has 0 unspecified atom stereocenters. The van der Waals surface area contributed by atoms with Crippen molar-refractivity contribution < 1.29 is 4.79 Å². The summed E-state index contributed by atoms with van der Waals surface area (Å²) in [5.74, 6) is 0.675. The van der Waals surface area contributed by atoms with E-state index in [4.69, 9.17) is 5.73 Å². The maximum absolute atomic E-state index is 11.5. The zero-order valence-corrected chi connectivity index (χ0v) is 9.81. The van der Waals surface area contributed by atoms with E-state index in [0.29, 0.717) is 5.92 Å². The molecule has 1 amide bonds. The second kappa shape index (κ2) is 6.09.